The fourth-order valence-corrected chi connectivity index (χ4v) is 5.23. The van der Waals surface area contributed by atoms with E-state index in [1.807, 2.05) is 32.3 Å². The molecule has 0 spiro atoms. The molecule has 0 saturated carbocycles. The van der Waals surface area contributed by atoms with E-state index in [1.54, 1.807) is 16.6 Å². The van der Waals surface area contributed by atoms with Crippen LogP contribution in [-0.2, 0) is 16.6 Å². The van der Waals surface area contributed by atoms with Gasteiger partial charge in [-0.2, -0.15) is 4.31 Å². The highest BCUT2D eigenvalue weighted by atomic mass is 32.2. The summed E-state index contributed by atoms with van der Waals surface area (Å²) in [4.78, 5) is 0.299. The minimum atomic E-state index is -3.49. The van der Waals surface area contributed by atoms with Crippen LogP contribution in [0.25, 0.3) is 0 Å². The second kappa shape index (κ2) is 6.10. The molecule has 1 aliphatic heterocycles. The van der Waals surface area contributed by atoms with Gasteiger partial charge in [-0.25, -0.2) is 8.42 Å². The monoisotopic (exact) mass is 314 g/mol. The first-order valence-corrected chi connectivity index (χ1v) is 9.12. The molecule has 6 heteroatoms. The zero-order valence-corrected chi connectivity index (χ0v) is 14.1. The molecule has 2 atom stereocenters. The molecule has 120 valence electrons. The first-order chi connectivity index (χ1) is 9.82. The van der Waals surface area contributed by atoms with Crippen LogP contribution in [0.4, 0.5) is 0 Å². The summed E-state index contributed by atoms with van der Waals surface area (Å²) in [6.07, 6.45) is 4.33. The van der Waals surface area contributed by atoms with Crippen LogP contribution in [0.15, 0.2) is 17.2 Å². The van der Waals surface area contributed by atoms with E-state index in [-0.39, 0.29) is 24.7 Å². The Labute approximate surface area is 127 Å². The molecular weight excluding hydrogens is 288 g/mol. The lowest BCUT2D eigenvalue weighted by atomic mass is 10.2. The third kappa shape index (κ3) is 2.89. The van der Waals surface area contributed by atoms with Gasteiger partial charge in [0.1, 0.15) is 4.90 Å². The van der Waals surface area contributed by atoms with Crippen LogP contribution in [0.2, 0.25) is 0 Å². The van der Waals surface area contributed by atoms with E-state index < -0.39 is 10.0 Å². The first kappa shape index (κ1) is 16.5. The van der Waals surface area contributed by atoms with Crippen molar-refractivity contribution < 1.29 is 13.5 Å². The molecule has 1 aromatic rings. The summed E-state index contributed by atoms with van der Waals surface area (Å²) in [5.41, 5.74) is 0.642. The zero-order chi connectivity index (χ0) is 15.8. The van der Waals surface area contributed by atoms with Crippen LogP contribution in [0.1, 0.15) is 58.7 Å². The second-order valence-corrected chi connectivity index (χ2v) is 7.99. The highest BCUT2D eigenvalue weighted by molar-refractivity contribution is 7.89. The van der Waals surface area contributed by atoms with Crippen molar-refractivity contribution in [2.24, 2.45) is 0 Å². The van der Waals surface area contributed by atoms with Crippen LogP contribution in [0.3, 0.4) is 0 Å². The molecule has 0 aliphatic carbocycles. The lowest BCUT2D eigenvalue weighted by Crippen LogP contribution is -2.39. The predicted octanol–water partition coefficient (Wildman–Crippen LogP) is 2.51. The van der Waals surface area contributed by atoms with E-state index in [0.29, 0.717) is 10.6 Å². The highest BCUT2D eigenvalue weighted by Crippen LogP contribution is 2.33. The first-order valence-electron chi connectivity index (χ1n) is 7.68. The van der Waals surface area contributed by atoms with Crippen LogP contribution in [-0.4, -0.2) is 34.5 Å². The van der Waals surface area contributed by atoms with Crippen molar-refractivity contribution in [3.05, 3.63) is 18.0 Å². The van der Waals surface area contributed by atoms with Crippen molar-refractivity contribution >= 4 is 10.0 Å². The van der Waals surface area contributed by atoms with Crippen molar-refractivity contribution in [3.63, 3.8) is 0 Å². The molecule has 0 amide bonds. The molecule has 2 rings (SSSR count). The Morgan fingerprint density at radius 2 is 2.05 bits per heavy atom. The number of aliphatic hydroxyl groups excluding tert-OH is 1. The van der Waals surface area contributed by atoms with Gasteiger partial charge in [0.25, 0.3) is 0 Å². The molecule has 0 bridgehead atoms. The minimum absolute atomic E-state index is 0.0416. The Kier molecular flexibility index (Phi) is 4.80. The van der Waals surface area contributed by atoms with Gasteiger partial charge in [-0.15, -0.1) is 0 Å². The number of nitrogens with zero attached hydrogens (tertiary/aromatic N) is 2. The maximum Gasteiger partial charge on any atom is 0.245 e. The van der Waals surface area contributed by atoms with Crippen LogP contribution >= 0.6 is 0 Å². The summed E-state index contributed by atoms with van der Waals surface area (Å²) < 4.78 is 29.4. The standard InChI is InChI=1S/C15H26N2O3S/c1-5-13-7-6-12(4)17(13)21(19,20)15-8-14(10-18)16(9-15)11(2)3/h8-9,11-13,18H,5-7,10H2,1-4H3. The molecule has 0 aromatic carbocycles. The summed E-state index contributed by atoms with van der Waals surface area (Å²) in [6, 6.07) is 1.85. The minimum Gasteiger partial charge on any atom is -0.390 e. The fraction of sp³-hybridized carbons (Fsp3) is 0.733. The Bertz CT molecular complexity index is 592. The Hall–Kier alpha value is -0.850. The number of hydrogen-bond donors (Lipinski definition) is 1. The van der Waals surface area contributed by atoms with E-state index in [2.05, 4.69) is 0 Å². The Balaban J connectivity index is 2.44. The predicted molar refractivity (Wildman–Crippen MR) is 82.5 cm³/mol. The molecule has 2 unspecified atom stereocenters. The van der Waals surface area contributed by atoms with Crippen molar-refractivity contribution in [3.8, 4) is 0 Å². The molecular formula is C15H26N2O3S. The summed E-state index contributed by atoms with van der Waals surface area (Å²) in [5, 5.41) is 9.43. The Morgan fingerprint density at radius 1 is 1.38 bits per heavy atom. The van der Waals surface area contributed by atoms with E-state index >= 15 is 0 Å². The molecule has 1 aliphatic rings. The number of aliphatic hydroxyl groups is 1. The molecule has 21 heavy (non-hydrogen) atoms. The third-order valence-electron chi connectivity index (χ3n) is 4.38. The van der Waals surface area contributed by atoms with Crippen LogP contribution in [0.5, 0.6) is 0 Å². The fourth-order valence-electron chi connectivity index (χ4n) is 3.23. The summed E-state index contributed by atoms with van der Waals surface area (Å²) >= 11 is 0. The van der Waals surface area contributed by atoms with Gasteiger partial charge in [-0.05, 0) is 46.1 Å². The molecule has 2 heterocycles. The third-order valence-corrected chi connectivity index (χ3v) is 6.42. The largest absolute Gasteiger partial charge is 0.390 e. The molecule has 0 radical (unpaired) electrons. The summed E-state index contributed by atoms with van der Waals surface area (Å²) in [6.45, 7) is 7.80. The van der Waals surface area contributed by atoms with Crippen molar-refractivity contribution in [2.45, 2.75) is 76.6 Å². The second-order valence-electron chi connectivity index (χ2n) is 6.15. The van der Waals surface area contributed by atoms with E-state index in [9.17, 15) is 13.5 Å². The lowest BCUT2D eigenvalue weighted by molar-refractivity contribution is 0.268. The average molecular weight is 314 g/mol. The van der Waals surface area contributed by atoms with Gasteiger partial charge in [0.2, 0.25) is 10.0 Å². The van der Waals surface area contributed by atoms with Crippen LogP contribution < -0.4 is 0 Å². The normalized spacial score (nSPS) is 24.1. The average Bonchev–Trinajstić information content (AvgIpc) is 3.02. The van der Waals surface area contributed by atoms with Crippen molar-refractivity contribution in [2.75, 3.05) is 0 Å². The maximum absolute atomic E-state index is 12.9. The zero-order valence-electron chi connectivity index (χ0n) is 13.3. The smallest absolute Gasteiger partial charge is 0.245 e. The number of sulfonamides is 1. The quantitative estimate of drug-likeness (QED) is 0.908. The van der Waals surface area contributed by atoms with Gasteiger partial charge in [0, 0.05) is 30.0 Å². The molecule has 1 aromatic heterocycles. The van der Waals surface area contributed by atoms with E-state index in [1.165, 1.54) is 0 Å². The van der Waals surface area contributed by atoms with Crippen molar-refractivity contribution in [1.82, 2.24) is 8.87 Å². The maximum atomic E-state index is 12.9. The van der Waals surface area contributed by atoms with Gasteiger partial charge >= 0.3 is 0 Å². The van der Waals surface area contributed by atoms with Gasteiger partial charge < -0.3 is 9.67 Å². The summed E-state index contributed by atoms with van der Waals surface area (Å²) in [7, 11) is -3.49. The molecule has 1 N–H and O–H groups in total. The summed E-state index contributed by atoms with van der Waals surface area (Å²) in [5.74, 6) is 0. The van der Waals surface area contributed by atoms with Crippen LogP contribution in [0, 0.1) is 0 Å². The number of hydrogen-bond acceptors (Lipinski definition) is 3. The Morgan fingerprint density at radius 3 is 2.52 bits per heavy atom. The molecule has 1 fully saturated rings. The van der Waals surface area contributed by atoms with Crippen molar-refractivity contribution in [1.29, 1.82) is 0 Å². The highest BCUT2D eigenvalue weighted by Gasteiger charge is 2.39. The van der Waals surface area contributed by atoms with Gasteiger partial charge in [0.05, 0.1) is 6.61 Å². The number of rotatable bonds is 5. The topological polar surface area (TPSA) is 62.5 Å². The molecule has 5 nitrogen and oxygen atoms in total. The van der Waals surface area contributed by atoms with E-state index in [0.717, 1.165) is 19.3 Å². The number of aromatic nitrogens is 1. The van der Waals surface area contributed by atoms with Gasteiger partial charge in [-0.3, -0.25) is 0 Å². The lowest BCUT2D eigenvalue weighted by Gasteiger charge is -2.26. The van der Waals surface area contributed by atoms with E-state index in [4.69, 9.17) is 0 Å². The van der Waals surface area contributed by atoms with Gasteiger partial charge in [0.15, 0.2) is 0 Å². The molecule has 1 saturated heterocycles. The van der Waals surface area contributed by atoms with Gasteiger partial charge in [-0.1, -0.05) is 6.92 Å². The SMILES string of the molecule is CCC1CCC(C)N1S(=O)(=O)c1cc(CO)n(C(C)C)c1.